The maximum absolute atomic E-state index is 9.22. The monoisotopic (exact) mass is 159 g/mol. The number of hydrogen-bond donors (Lipinski definition) is 2. The standard InChI is InChI=1S/C8H17NO2/c1-2-3-4-7-5-6-8(9,10)11-7/h7,10H,2-6,9H2,1H3. The molecule has 3 heteroatoms. The summed E-state index contributed by atoms with van der Waals surface area (Å²) in [6, 6.07) is 0. The van der Waals surface area contributed by atoms with Crippen molar-refractivity contribution in [3.05, 3.63) is 0 Å². The summed E-state index contributed by atoms with van der Waals surface area (Å²) in [6.45, 7) is 2.14. The van der Waals surface area contributed by atoms with Crippen LogP contribution in [0.1, 0.15) is 39.0 Å². The van der Waals surface area contributed by atoms with E-state index in [-0.39, 0.29) is 6.10 Å². The first-order valence-corrected chi connectivity index (χ1v) is 4.33. The van der Waals surface area contributed by atoms with Gasteiger partial charge in [0.2, 0.25) is 5.91 Å². The van der Waals surface area contributed by atoms with E-state index in [1.54, 1.807) is 0 Å². The Bertz CT molecular complexity index is 125. The van der Waals surface area contributed by atoms with E-state index >= 15 is 0 Å². The molecule has 66 valence electrons. The molecule has 0 radical (unpaired) electrons. The Hall–Kier alpha value is -0.120. The van der Waals surface area contributed by atoms with E-state index in [2.05, 4.69) is 6.92 Å². The predicted octanol–water partition coefficient (Wildman–Crippen LogP) is 0.960. The third-order valence-corrected chi connectivity index (χ3v) is 2.07. The van der Waals surface area contributed by atoms with Crippen molar-refractivity contribution in [2.45, 2.75) is 51.0 Å². The summed E-state index contributed by atoms with van der Waals surface area (Å²) in [5.74, 6) is -1.33. The number of rotatable bonds is 3. The Morgan fingerprint density at radius 2 is 2.45 bits per heavy atom. The van der Waals surface area contributed by atoms with Gasteiger partial charge < -0.3 is 9.84 Å². The molecule has 11 heavy (non-hydrogen) atoms. The summed E-state index contributed by atoms with van der Waals surface area (Å²) < 4.78 is 5.18. The van der Waals surface area contributed by atoms with Crippen LogP contribution in [-0.4, -0.2) is 17.1 Å². The van der Waals surface area contributed by atoms with Crippen molar-refractivity contribution in [2.75, 3.05) is 0 Å². The van der Waals surface area contributed by atoms with Gasteiger partial charge in [-0.15, -0.1) is 0 Å². The summed E-state index contributed by atoms with van der Waals surface area (Å²) in [4.78, 5) is 0. The molecule has 2 unspecified atom stereocenters. The first kappa shape index (κ1) is 8.97. The van der Waals surface area contributed by atoms with Gasteiger partial charge in [-0.25, -0.2) is 0 Å². The number of nitrogens with two attached hydrogens (primary N) is 1. The van der Waals surface area contributed by atoms with Gasteiger partial charge in [0.05, 0.1) is 6.10 Å². The van der Waals surface area contributed by atoms with Crippen molar-refractivity contribution < 1.29 is 9.84 Å². The second-order valence-corrected chi connectivity index (χ2v) is 3.27. The fourth-order valence-electron chi connectivity index (χ4n) is 1.41. The zero-order chi connectivity index (χ0) is 8.32. The maximum Gasteiger partial charge on any atom is 0.222 e. The van der Waals surface area contributed by atoms with Crippen LogP contribution in [0.25, 0.3) is 0 Å². The van der Waals surface area contributed by atoms with Crippen molar-refractivity contribution in [3.63, 3.8) is 0 Å². The lowest BCUT2D eigenvalue weighted by atomic mass is 10.1. The molecule has 0 aromatic carbocycles. The average Bonchev–Trinajstić information content (AvgIpc) is 2.26. The Kier molecular flexibility index (Phi) is 2.87. The Morgan fingerprint density at radius 1 is 1.73 bits per heavy atom. The van der Waals surface area contributed by atoms with E-state index in [1.807, 2.05) is 0 Å². The molecular formula is C8H17NO2. The van der Waals surface area contributed by atoms with Crippen LogP contribution >= 0.6 is 0 Å². The highest BCUT2D eigenvalue weighted by Crippen LogP contribution is 2.26. The van der Waals surface area contributed by atoms with E-state index in [0.29, 0.717) is 6.42 Å². The molecule has 2 atom stereocenters. The summed E-state index contributed by atoms with van der Waals surface area (Å²) >= 11 is 0. The molecule has 1 fully saturated rings. The van der Waals surface area contributed by atoms with Crippen LogP contribution in [0.2, 0.25) is 0 Å². The first-order chi connectivity index (χ1) is 5.14. The quantitative estimate of drug-likeness (QED) is 0.603. The van der Waals surface area contributed by atoms with E-state index in [1.165, 1.54) is 6.42 Å². The minimum atomic E-state index is -1.33. The molecule has 1 aliphatic rings. The van der Waals surface area contributed by atoms with Gasteiger partial charge in [-0.1, -0.05) is 19.8 Å². The van der Waals surface area contributed by atoms with Crippen LogP contribution in [0.3, 0.4) is 0 Å². The molecule has 1 rings (SSSR count). The van der Waals surface area contributed by atoms with Crippen molar-refractivity contribution in [1.29, 1.82) is 0 Å². The second kappa shape index (κ2) is 3.52. The largest absolute Gasteiger partial charge is 0.353 e. The van der Waals surface area contributed by atoms with Gasteiger partial charge in [-0.2, -0.15) is 0 Å². The minimum absolute atomic E-state index is 0.185. The van der Waals surface area contributed by atoms with Crippen LogP contribution in [0.15, 0.2) is 0 Å². The van der Waals surface area contributed by atoms with Crippen LogP contribution in [-0.2, 0) is 4.74 Å². The summed E-state index contributed by atoms with van der Waals surface area (Å²) in [6.07, 6.45) is 5.00. The topological polar surface area (TPSA) is 55.5 Å². The van der Waals surface area contributed by atoms with Crippen LogP contribution in [0.5, 0.6) is 0 Å². The SMILES string of the molecule is CCCCC1CCC(N)(O)O1. The maximum atomic E-state index is 9.22. The highest BCUT2D eigenvalue weighted by atomic mass is 16.7. The summed E-state index contributed by atoms with van der Waals surface area (Å²) in [7, 11) is 0. The van der Waals surface area contributed by atoms with E-state index in [4.69, 9.17) is 10.5 Å². The minimum Gasteiger partial charge on any atom is -0.353 e. The molecule has 3 N–H and O–H groups in total. The van der Waals surface area contributed by atoms with Gasteiger partial charge in [0.15, 0.2) is 0 Å². The number of hydrogen-bond acceptors (Lipinski definition) is 3. The van der Waals surface area contributed by atoms with Crippen molar-refractivity contribution in [3.8, 4) is 0 Å². The molecule has 1 heterocycles. The molecule has 0 saturated carbocycles. The van der Waals surface area contributed by atoms with Crippen molar-refractivity contribution in [1.82, 2.24) is 0 Å². The molecule has 0 amide bonds. The van der Waals surface area contributed by atoms with E-state index < -0.39 is 5.91 Å². The third kappa shape index (κ3) is 2.77. The summed E-state index contributed by atoms with van der Waals surface area (Å²) in [5, 5.41) is 9.22. The van der Waals surface area contributed by atoms with Gasteiger partial charge in [-0.3, -0.25) is 5.73 Å². The fourth-order valence-corrected chi connectivity index (χ4v) is 1.41. The third-order valence-electron chi connectivity index (χ3n) is 2.07. The van der Waals surface area contributed by atoms with E-state index in [0.717, 1.165) is 19.3 Å². The van der Waals surface area contributed by atoms with Crippen LogP contribution in [0, 0.1) is 0 Å². The normalized spacial score (nSPS) is 37.9. The van der Waals surface area contributed by atoms with Gasteiger partial charge in [0, 0.05) is 6.42 Å². The number of aliphatic hydroxyl groups is 1. The lowest BCUT2D eigenvalue weighted by molar-refractivity contribution is -0.188. The predicted molar refractivity (Wildman–Crippen MR) is 42.8 cm³/mol. The number of ether oxygens (including phenoxy) is 1. The zero-order valence-electron chi connectivity index (χ0n) is 7.05. The molecule has 0 aliphatic carbocycles. The first-order valence-electron chi connectivity index (χ1n) is 4.33. The van der Waals surface area contributed by atoms with Gasteiger partial charge in [-0.05, 0) is 12.8 Å². The highest BCUT2D eigenvalue weighted by molar-refractivity contribution is 4.74. The molecule has 1 aliphatic heterocycles. The van der Waals surface area contributed by atoms with Crippen LogP contribution in [0.4, 0.5) is 0 Å². The molecule has 3 nitrogen and oxygen atoms in total. The fraction of sp³-hybridized carbons (Fsp3) is 1.00. The van der Waals surface area contributed by atoms with E-state index in [9.17, 15) is 5.11 Å². The smallest absolute Gasteiger partial charge is 0.222 e. The molecule has 0 aromatic heterocycles. The van der Waals surface area contributed by atoms with Gasteiger partial charge in [0.25, 0.3) is 0 Å². The number of unbranched alkanes of at least 4 members (excludes halogenated alkanes) is 1. The Labute approximate surface area is 67.5 Å². The van der Waals surface area contributed by atoms with Crippen molar-refractivity contribution >= 4 is 0 Å². The van der Waals surface area contributed by atoms with Crippen molar-refractivity contribution in [2.24, 2.45) is 5.73 Å². The zero-order valence-corrected chi connectivity index (χ0v) is 7.05. The Balaban J connectivity index is 2.20. The molecule has 1 saturated heterocycles. The second-order valence-electron chi connectivity index (χ2n) is 3.27. The van der Waals surface area contributed by atoms with Crippen LogP contribution < -0.4 is 5.73 Å². The molecule has 0 aromatic rings. The average molecular weight is 159 g/mol. The molecule has 0 spiro atoms. The molecular weight excluding hydrogens is 142 g/mol. The lowest BCUT2D eigenvalue weighted by Crippen LogP contribution is -2.39. The van der Waals surface area contributed by atoms with Gasteiger partial charge in [0.1, 0.15) is 0 Å². The van der Waals surface area contributed by atoms with Gasteiger partial charge >= 0.3 is 0 Å². The molecule has 0 bridgehead atoms. The summed E-state index contributed by atoms with van der Waals surface area (Å²) in [5.41, 5.74) is 5.37. The lowest BCUT2D eigenvalue weighted by Gasteiger charge is -2.17. The highest BCUT2D eigenvalue weighted by Gasteiger charge is 2.33. The Morgan fingerprint density at radius 3 is 2.91 bits per heavy atom.